The van der Waals surface area contributed by atoms with Gasteiger partial charge in [0.25, 0.3) is 10.0 Å². The molecule has 0 aromatic heterocycles. The van der Waals surface area contributed by atoms with E-state index in [1.54, 1.807) is 67.6 Å². The molecule has 0 saturated heterocycles. The van der Waals surface area contributed by atoms with Crippen LogP contribution in [0.1, 0.15) is 37.0 Å². The lowest BCUT2D eigenvalue weighted by Crippen LogP contribution is -2.54. The van der Waals surface area contributed by atoms with E-state index in [1.807, 2.05) is 44.2 Å². The van der Waals surface area contributed by atoms with Gasteiger partial charge in [-0.15, -0.1) is 0 Å². The van der Waals surface area contributed by atoms with Crippen LogP contribution in [0.3, 0.4) is 0 Å². The molecule has 0 heterocycles. The van der Waals surface area contributed by atoms with E-state index in [9.17, 15) is 18.0 Å². The number of benzene rings is 4. The molecule has 10 heteroatoms. The SMILES string of the molecule is CC[C@@H](C)NC(=O)[C@H](Cc1ccccc1)N(Cc1ccccc1Cl)C(=O)CN(c1cccc(Cl)c1C)S(=O)(=O)c1ccccc1. The van der Waals surface area contributed by atoms with E-state index in [2.05, 4.69) is 5.32 Å². The molecule has 0 unspecified atom stereocenters. The van der Waals surface area contributed by atoms with Gasteiger partial charge in [0.2, 0.25) is 11.8 Å². The fraction of sp³-hybridized carbons (Fsp3) is 0.257. The highest BCUT2D eigenvalue weighted by Crippen LogP contribution is 2.31. The Morgan fingerprint density at radius 1 is 0.822 bits per heavy atom. The summed E-state index contributed by atoms with van der Waals surface area (Å²) in [5.74, 6) is -0.918. The number of anilines is 1. The number of carbonyl (C=O) groups is 2. The van der Waals surface area contributed by atoms with Crippen LogP contribution >= 0.6 is 23.2 Å². The van der Waals surface area contributed by atoms with Gasteiger partial charge in [-0.25, -0.2) is 8.42 Å². The summed E-state index contributed by atoms with van der Waals surface area (Å²) in [6.45, 7) is 4.97. The van der Waals surface area contributed by atoms with Crippen molar-refractivity contribution in [3.8, 4) is 0 Å². The number of hydrogen-bond acceptors (Lipinski definition) is 4. The summed E-state index contributed by atoms with van der Waals surface area (Å²) in [7, 11) is -4.23. The monoisotopic (exact) mass is 665 g/mol. The van der Waals surface area contributed by atoms with E-state index in [1.165, 1.54) is 17.0 Å². The molecule has 0 radical (unpaired) electrons. The first-order valence-corrected chi connectivity index (χ1v) is 16.9. The van der Waals surface area contributed by atoms with Gasteiger partial charge in [-0.3, -0.25) is 13.9 Å². The molecular weight excluding hydrogens is 629 g/mol. The van der Waals surface area contributed by atoms with Crippen LogP contribution in [-0.4, -0.2) is 43.8 Å². The largest absolute Gasteiger partial charge is 0.352 e. The minimum atomic E-state index is -4.23. The molecule has 0 spiro atoms. The Hall–Kier alpha value is -3.85. The van der Waals surface area contributed by atoms with E-state index in [0.717, 1.165) is 9.87 Å². The highest BCUT2D eigenvalue weighted by molar-refractivity contribution is 7.92. The Bertz CT molecular complexity index is 1720. The van der Waals surface area contributed by atoms with E-state index in [0.29, 0.717) is 27.6 Å². The van der Waals surface area contributed by atoms with Crippen LogP contribution < -0.4 is 9.62 Å². The highest BCUT2D eigenvalue weighted by atomic mass is 35.5. The Morgan fingerprint density at radius 3 is 2.07 bits per heavy atom. The van der Waals surface area contributed by atoms with Crippen LogP contribution in [0.2, 0.25) is 10.0 Å². The Morgan fingerprint density at radius 2 is 1.42 bits per heavy atom. The summed E-state index contributed by atoms with van der Waals surface area (Å²) in [5.41, 5.74) is 2.23. The Labute approximate surface area is 275 Å². The van der Waals surface area contributed by atoms with Crippen molar-refractivity contribution in [1.29, 1.82) is 0 Å². The molecule has 0 aliphatic rings. The van der Waals surface area contributed by atoms with Crippen molar-refractivity contribution >= 4 is 50.7 Å². The second-order valence-electron chi connectivity index (χ2n) is 10.8. The van der Waals surface area contributed by atoms with Crippen LogP contribution in [-0.2, 0) is 32.6 Å². The lowest BCUT2D eigenvalue weighted by atomic mass is 10.0. The van der Waals surface area contributed by atoms with Gasteiger partial charge < -0.3 is 10.2 Å². The molecule has 4 aromatic carbocycles. The van der Waals surface area contributed by atoms with Gasteiger partial charge in [-0.1, -0.05) is 103 Å². The maximum Gasteiger partial charge on any atom is 0.264 e. The van der Waals surface area contributed by atoms with Gasteiger partial charge in [0.1, 0.15) is 12.6 Å². The zero-order valence-corrected chi connectivity index (χ0v) is 27.8. The molecule has 0 saturated carbocycles. The Kier molecular flexibility index (Phi) is 11.7. The summed E-state index contributed by atoms with van der Waals surface area (Å²) in [6, 6.07) is 28.2. The first kappa shape index (κ1) is 34.0. The third-order valence-electron chi connectivity index (χ3n) is 7.69. The standard InChI is InChI=1S/C35H37Cl2N3O4S/c1-4-25(2)38-35(42)33(22-27-14-7-5-8-15-27)39(23-28-16-11-12-19-31(28)37)34(41)24-40(32-21-13-20-30(36)26(32)3)45(43,44)29-17-9-6-10-18-29/h5-21,25,33H,4,22-24H2,1-3H3,(H,38,42)/t25-,33+/m1/s1. The minimum absolute atomic E-state index is 0.0162. The normalized spacial score (nSPS) is 12.6. The summed E-state index contributed by atoms with van der Waals surface area (Å²) >= 11 is 13.0. The number of rotatable bonds is 13. The quantitative estimate of drug-likeness (QED) is 0.166. The average molecular weight is 667 g/mol. The Balaban J connectivity index is 1.84. The van der Waals surface area contributed by atoms with E-state index in [-0.39, 0.29) is 35.5 Å². The lowest BCUT2D eigenvalue weighted by Gasteiger charge is -2.34. The van der Waals surface area contributed by atoms with Gasteiger partial charge in [0.05, 0.1) is 10.6 Å². The number of sulfonamides is 1. The van der Waals surface area contributed by atoms with Crippen molar-refractivity contribution in [2.45, 2.75) is 57.1 Å². The molecular formula is C35H37Cl2N3O4S. The van der Waals surface area contributed by atoms with Gasteiger partial charge in [-0.05, 0) is 67.3 Å². The average Bonchev–Trinajstić information content (AvgIpc) is 3.04. The van der Waals surface area contributed by atoms with Crippen molar-refractivity contribution < 1.29 is 18.0 Å². The predicted octanol–water partition coefficient (Wildman–Crippen LogP) is 7.05. The molecule has 0 bridgehead atoms. The van der Waals surface area contributed by atoms with Crippen molar-refractivity contribution in [3.63, 3.8) is 0 Å². The van der Waals surface area contributed by atoms with Crippen LogP contribution in [0.4, 0.5) is 5.69 Å². The topological polar surface area (TPSA) is 86.8 Å². The second-order valence-corrected chi connectivity index (χ2v) is 13.5. The molecule has 7 nitrogen and oxygen atoms in total. The third-order valence-corrected chi connectivity index (χ3v) is 10.2. The summed E-state index contributed by atoms with van der Waals surface area (Å²) in [6.07, 6.45) is 0.903. The van der Waals surface area contributed by atoms with Crippen molar-refractivity contribution in [3.05, 3.63) is 130 Å². The number of amides is 2. The van der Waals surface area contributed by atoms with Crippen LogP contribution in [0.5, 0.6) is 0 Å². The maximum atomic E-state index is 14.6. The third kappa shape index (κ3) is 8.45. The molecule has 0 aliphatic heterocycles. The van der Waals surface area contributed by atoms with E-state index < -0.39 is 28.5 Å². The van der Waals surface area contributed by atoms with Crippen LogP contribution in [0, 0.1) is 6.92 Å². The predicted molar refractivity (Wildman–Crippen MR) is 181 cm³/mol. The van der Waals surface area contributed by atoms with Gasteiger partial charge in [0, 0.05) is 29.1 Å². The molecule has 2 atom stereocenters. The fourth-order valence-electron chi connectivity index (χ4n) is 4.90. The maximum absolute atomic E-state index is 14.6. The number of nitrogens with zero attached hydrogens (tertiary/aromatic N) is 2. The van der Waals surface area contributed by atoms with Gasteiger partial charge in [-0.2, -0.15) is 0 Å². The van der Waals surface area contributed by atoms with Crippen molar-refractivity contribution in [1.82, 2.24) is 10.2 Å². The van der Waals surface area contributed by atoms with Gasteiger partial charge >= 0.3 is 0 Å². The number of carbonyl (C=O) groups excluding carboxylic acids is 2. The molecule has 0 fully saturated rings. The number of hydrogen-bond donors (Lipinski definition) is 1. The lowest BCUT2D eigenvalue weighted by molar-refractivity contribution is -0.140. The first-order chi connectivity index (χ1) is 21.5. The molecule has 1 N–H and O–H groups in total. The molecule has 45 heavy (non-hydrogen) atoms. The van der Waals surface area contributed by atoms with Crippen LogP contribution in [0.25, 0.3) is 0 Å². The highest BCUT2D eigenvalue weighted by Gasteiger charge is 2.35. The molecule has 0 aliphatic carbocycles. The van der Waals surface area contributed by atoms with Gasteiger partial charge in [0.15, 0.2) is 0 Å². The summed E-state index contributed by atoms with van der Waals surface area (Å²) < 4.78 is 29.4. The number of halogens is 2. The molecule has 4 aromatic rings. The molecule has 2 amide bonds. The molecule has 236 valence electrons. The fourth-order valence-corrected chi connectivity index (χ4v) is 6.76. The summed E-state index contributed by atoms with van der Waals surface area (Å²) in [5, 5.41) is 3.81. The van der Waals surface area contributed by atoms with E-state index >= 15 is 0 Å². The van der Waals surface area contributed by atoms with E-state index in [4.69, 9.17) is 23.2 Å². The van der Waals surface area contributed by atoms with Crippen LogP contribution in [0.15, 0.2) is 108 Å². The van der Waals surface area contributed by atoms with Crippen molar-refractivity contribution in [2.75, 3.05) is 10.8 Å². The minimum Gasteiger partial charge on any atom is -0.352 e. The smallest absolute Gasteiger partial charge is 0.264 e. The zero-order chi connectivity index (χ0) is 32.6. The second kappa shape index (κ2) is 15.4. The summed E-state index contributed by atoms with van der Waals surface area (Å²) in [4.78, 5) is 29.9. The molecule has 4 rings (SSSR count). The first-order valence-electron chi connectivity index (χ1n) is 14.7. The zero-order valence-electron chi connectivity index (χ0n) is 25.5. The number of nitrogens with one attached hydrogen (secondary N) is 1. The van der Waals surface area contributed by atoms with Crippen molar-refractivity contribution in [2.24, 2.45) is 0 Å².